The Kier molecular flexibility index (Phi) is 5.13. The average Bonchev–Trinajstić information content (AvgIpc) is 1.67. The molecule has 3 heteroatoms. The third-order valence-electron chi connectivity index (χ3n) is 1.21. The van der Waals surface area contributed by atoms with Gasteiger partial charge in [0.1, 0.15) is 0 Å². The zero-order chi connectivity index (χ0) is 6.57. The normalized spacial score (nSPS) is 14.4. The fourth-order valence-electron chi connectivity index (χ4n) is 0.270. The molecule has 0 saturated heterocycles. The summed E-state index contributed by atoms with van der Waals surface area (Å²) in [6.45, 7) is 3.00. The van der Waals surface area contributed by atoms with E-state index in [1.807, 2.05) is 0 Å². The molecule has 0 bridgehead atoms. The Hall–Kier alpha value is 0.803. The van der Waals surface area contributed by atoms with Crippen molar-refractivity contribution in [2.45, 2.75) is 13.0 Å². The van der Waals surface area contributed by atoms with Crippen molar-refractivity contribution < 1.29 is 28.0 Å². The molecule has 0 aromatic rings. The Morgan fingerprint density at radius 3 is 2.25 bits per heavy atom. The van der Waals surface area contributed by atoms with Crippen molar-refractivity contribution in [1.29, 1.82) is 0 Å². The first-order valence-corrected chi connectivity index (χ1v) is 3.63. The second-order valence-electron chi connectivity index (χ2n) is 2.12. The summed E-state index contributed by atoms with van der Waals surface area (Å²) in [6.07, 6.45) is 0. The van der Waals surface area contributed by atoms with E-state index in [4.69, 9.17) is 2.81 Å². The molecule has 0 spiro atoms. The van der Waals surface area contributed by atoms with Crippen LogP contribution in [0.5, 0.6) is 0 Å². The van der Waals surface area contributed by atoms with Crippen molar-refractivity contribution in [3.63, 3.8) is 0 Å². The van der Waals surface area contributed by atoms with E-state index in [1.54, 1.807) is 0 Å². The van der Waals surface area contributed by atoms with Gasteiger partial charge in [0.25, 0.3) is 0 Å². The van der Waals surface area contributed by atoms with E-state index < -0.39 is 0 Å². The monoisotopic (exact) mass is 192 g/mol. The first-order chi connectivity index (χ1) is 3.68. The molecule has 1 unspecified atom stereocenters. The molecule has 2 nitrogen and oxygen atoms in total. The third-order valence-corrected chi connectivity index (χ3v) is 1.62. The van der Waals surface area contributed by atoms with Gasteiger partial charge in [-0.2, -0.15) is 0 Å². The molecule has 47 valence electrons. The molecule has 1 atom stereocenters. The van der Waals surface area contributed by atoms with Crippen LogP contribution in [0, 0.1) is 0 Å². The van der Waals surface area contributed by atoms with E-state index >= 15 is 0 Å². The van der Waals surface area contributed by atoms with Crippen LogP contribution in [0.2, 0.25) is 0 Å². The van der Waals surface area contributed by atoms with Gasteiger partial charge < -0.3 is 0 Å². The van der Waals surface area contributed by atoms with Crippen LogP contribution in [0.1, 0.15) is 6.92 Å². The zero-order valence-electron chi connectivity index (χ0n) is 5.64. The van der Waals surface area contributed by atoms with Gasteiger partial charge in [-0.05, 0) is 0 Å². The molecular formula is C5H12NOZr. The molecule has 8 heavy (non-hydrogen) atoms. The van der Waals surface area contributed by atoms with Crippen LogP contribution >= 0.6 is 0 Å². The Morgan fingerprint density at radius 2 is 2.12 bits per heavy atom. The molecule has 0 fully saturated rings. The fraction of sp³-hybridized carbons (Fsp3) is 1.00. The summed E-state index contributed by atoms with van der Waals surface area (Å²) in [5.41, 5.74) is 0. The van der Waals surface area contributed by atoms with Gasteiger partial charge in [-0.1, -0.05) is 0 Å². The third kappa shape index (κ3) is 3.76. The van der Waals surface area contributed by atoms with Gasteiger partial charge in [0.15, 0.2) is 0 Å². The van der Waals surface area contributed by atoms with E-state index in [0.717, 1.165) is 31.8 Å². The summed E-state index contributed by atoms with van der Waals surface area (Å²) in [5, 5.41) is 0. The molecule has 0 aliphatic carbocycles. The van der Waals surface area contributed by atoms with E-state index in [0.29, 0.717) is 6.04 Å². The van der Waals surface area contributed by atoms with Crippen LogP contribution in [0.15, 0.2) is 0 Å². The van der Waals surface area contributed by atoms with Crippen molar-refractivity contribution >= 4 is 0 Å². The minimum atomic E-state index is 0.550. The van der Waals surface area contributed by atoms with Crippen molar-refractivity contribution in [3.05, 3.63) is 0 Å². The molecule has 0 rings (SSSR count). The van der Waals surface area contributed by atoms with Gasteiger partial charge in [0, 0.05) is 0 Å². The van der Waals surface area contributed by atoms with Crippen LogP contribution in [0.4, 0.5) is 0 Å². The summed E-state index contributed by atoms with van der Waals surface area (Å²) in [4.78, 5) is 2.14. The zero-order valence-corrected chi connectivity index (χ0v) is 8.10. The summed E-state index contributed by atoms with van der Waals surface area (Å²) in [7, 11) is 4.11. The maximum absolute atomic E-state index is 5.01. The minimum absolute atomic E-state index is 0.550. The van der Waals surface area contributed by atoms with Crippen LogP contribution in [0.25, 0.3) is 0 Å². The van der Waals surface area contributed by atoms with E-state index in [-0.39, 0.29) is 0 Å². The van der Waals surface area contributed by atoms with Crippen LogP contribution in [0.3, 0.4) is 0 Å². The number of likely N-dealkylation sites (N-methyl/N-ethyl adjacent to an activating group) is 1. The number of nitrogens with zero attached hydrogens (tertiary/aromatic N) is 1. The fourth-order valence-corrected chi connectivity index (χ4v) is 0.863. The average molecular weight is 193 g/mol. The number of rotatable bonds is 3. The van der Waals surface area contributed by atoms with Gasteiger partial charge in [-0.3, -0.25) is 0 Å². The topological polar surface area (TPSA) is 12.5 Å². The van der Waals surface area contributed by atoms with E-state index in [9.17, 15) is 0 Å². The second kappa shape index (κ2) is 4.66. The van der Waals surface area contributed by atoms with Crippen LogP contribution in [-0.2, 0) is 28.0 Å². The van der Waals surface area contributed by atoms with Gasteiger partial charge in [0.05, 0.1) is 0 Å². The molecule has 0 aliphatic rings. The molecule has 0 radical (unpaired) electrons. The Morgan fingerprint density at radius 1 is 1.62 bits per heavy atom. The van der Waals surface area contributed by atoms with Crippen molar-refractivity contribution in [2.75, 3.05) is 20.7 Å². The molecule has 0 aromatic heterocycles. The SMILES string of the molecule is CC(C[O][Zr])N(C)C. The number of hydrogen-bond acceptors (Lipinski definition) is 2. The second-order valence-corrected chi connectivity index (χ2v) is 2.83. The Bertz CT molecular complexity index is 58.4. The summed E-state index contributed by atoms with van der Waals surface area (Å²) in [6, 6.07) is 0.550. The molecule has 0 aromatic carbocycles. The Balaban J connectivity index is 3.17. The first kappa shape index (κ1) is 8.80. The molecule has 0 N–H and O–H groups in total. The van der Waals surface area contributed by atoms with Crippen LogP contribution in [-0.4, -0.2) is 31.6 Å². The molecule has 0 saturated carbocycles. The Labute approximate surface area is 66.7 Å². The molecule has 0 heterocycles. The molecular weight excluding hydrogens is 181 g/mol. The molecule has 0 amide bonds. The summed E-state index contributed by atoms with van der Waals surface area (Å²) < 4.78 is 5.01. The van der Waals surface area contributed by atoms with Gasteiger partial charge in [-0.15, -0.1) is 0 Å². The van der Waals surface area contributed by atoms with Gasteiger partial charge in [0.2, 0.25) is 0 Å². The molecule has 0 aliphatic heterocycles. The summed E-state index contributed by atoms with van der Waals surface area (Å²) in [5.74, 6) is 0. The standard InChI is InChI=1S/C5H12NO.Zr/c1-5(4-7)6(2)3;/h5H,4H2,1-3H3;/q-1;+1. The van der Waals surface area contributed by atoms with Crippen LogP contribution < -0.4 is 0 Å². The quantitative estimate of drug-likeness (QED) is 0.644. The maximum atomic E-state index is 5.01. The van der Waals surface area contributed by atoms with Gasteiger partial charge >= 0.3 is 66.5 Å². The number of hydrogen-bond donors (Lipinski definition) is 0. The predicted molar refractivity (Wildman–Crippen MR) is 29.1 cm³/mol. The van der Waals surface area contributed by atoms with Crippen molar-refractivity contribution in [1.82, 2.24) is 4.90 Å². The van der Waals surface area contributed by atoms with E-state index in [1.165, 1.54) is 0 Å². The first-order valence-electron chi connectivity index (χ1n) is 2.63. The van der Waals surface area contributed by atoms with Crippen molar-refractivity contribution in [2.24, 2.45) is 0 Å². The predicted octanol–water partition coefficient (Wildman–Crippen LogP) is 0.415. The van der Waals surface area contributed by atoms with Crippen molar-refractivity contribution in [3.8, 4) is 0 Å². The summed E-state index contributed by atoms with van der Waals surface area (Å²) >= 11 is 1.16. The van der Waals surface area contributed by atoms with Gasteiger partial charge in [-0.25, -0.2) is 0 Å². The van der Waals surface area contributed by atoms with E-state index in [2.05, 4.69) is 25.9 Å².